The number of nitrogens with one attached hydrogen (secondary N) is 1. The van der Waals surface area contributed by atoms with Gasteiger partial charge in [-0.15, -0.1) is 0 Å². The summed E-state index contributed by atoms with van der Waals surface area (Å²) in [6.45, 7) is 6.79. The lowest BCUT2D eigenvalue weighted by molar-refractivity contribution is 0.414. The molecule has 0 bridgehead atoms. The molecule has 1 unspecified atom stereocenters. The Morgan fingerprint density at radius 3 is 2.38 bits per heavy atom. The fourth-order valence-corrected chi connectivity index (χ4v) is 2.87. The van der Waals surface area contributed by atoms with Crippen molar-refractivity contribution in [3.05, 3.63) is 59.2 Å². The van der Waals surface area contributed by atoms with Gasteiger partial charge in [0.1, 0.15) is 5.75 Å². The predicted molar refractivity (Wildman–Crippen MR) is 88.2 cm³/mol. The summed E-state index contributed by atoms with van der Waals surface area (Å²) >= 11 is 0. The number of anilines is 1. The molecule has 0 saturated carbocycles. The maximum Gasteiger partial charge on any atom is 0.118 e. The van der Waals surface area contributed by atoms with Crippen LogP contribution in [0.3, 0.4) is 0 Å². The monoisotopic (exact) mass is 281 g/mol. The lowest BCUT2D eigenvalue weighted by Crippen LogP contribution is -2.10. The Morgan fingerprint density at radius 1 is 1.05 bits per heavy atom. The van der Waals surface area contributed by atoms with Crippen LogP contribution in [0.5, 0.6) is 5.75 Å². The number of fused-ring (bicyclic) bond motifs is 1. The molecule has 1 aliphatic rings. The van der Waals surface area contributed by atoms with E-state index in [1.807, 2.05) is 12.1 Å². The minimum atomic E-state index is 0.202. The summed E-state index contributed by atoms with van der Waals surface area (Å²) in [5.41, 5.74) is 5.60. The number of methoxy groups -OCH3 is 1. The number of benzene rings is 2. The molecular formula is C19H23NO. The summed E-state index contributed by atoms with van der Waals surface area (Å²) in [4.78, 5) is 0. The number of hydrogen-bond donors (Lipinski definition) is 1. The molecule has 0 fully saturated rings. The highest BCUT2D eigenvalue weighted by Crippen LogP contribution is 2.37. The van der Waals surface area contributed by atoms with Crippen molar-refractivity contribution in [2.75, 3.05) is 12.4 Å². The molecule has 2 aromatic carbocycles. The lowest BCUT2D eigenvalue weighted by Gasteiger charge is -2.19. The Balaban J connectivity index is 1.83. The number of hydrogen-bond acceptors (Lipinski definition) is 2. The van der Waals surface area contributed by atoms with Crippen molar-refractivity contribution in [3.8, 4) is 5.75 Å². The van der Waals surface area contributed by atoms with E-state index in [4.69, 9.17) is 4.74 Å². The Morgan fingerprint density at radius 2 is 1.76 bits per heavy atom. The first kappa shape index (κ1) is 14.0. The molecule has 0 saturated heterocycles. The van der Waals surface area contributed by atoms with Gasteiger partial charge in [-0.1, -0.05) is 45.0 Å². The second kappa shape index (κ2) is 5.10. The number of rotatable bonds is 2. The minimum Gasteiger partial charge on any atom is -0.497 e. The zero-order valence-electron chi connectivity index (χ0n) is 13.2. The van der Waals surface area contributed by atoms with Gasteiger partial charge in [0.2, 0.25) is 0 Å². The standard InChI is InChI=1S/C19H23NO/c1-19(2,3)15-7-10-17-14(11-15)12-18(20-17)13-5-8-16(21-4)9-6-13/h5-11,18,20H,12H2,1-4H3. The van der Waals surface area contributed by atoms with Gasteiger partial charge in [0.25, 0.3) is 0 Å². The van der Waals surface area contributed by atoms with Gasteiger partial charge in [0, 0.05) is 5.69 Å². The highest BCUT2D eigenvalue weighted by molar-refractivity contribution is 5.60. The molecule has 1 heterocycles. The summed E-state index contributed by atoms with van der Waals surface area (Å²) < 4.78 is 5.23. The highest BCUT2D eigenvalue weighted by atomic mass is 16.5. The van der Waals surface area contributed by atoms with Gasteiger partial charge in [0.05, 0.1) is 13.2 Å². The van der Waals surface area contributed by atoms with Gasteiger partial charge in [-0.05, 0) is 46.7 Å². The normalized spacial score (nSPS) is 17.2. The van der Waals surface area contributed by atoms with E-state index in [-0.39, 0.29) is 5.41 Å². The molecule has 2 nitrogen and oxygen atoms in total. The summed E-state index contributed by atoms with van der Waals surface area (Å²) in [6, 6.07) is 15.5. The van der Waals surface area contributed by atoms with Crippen molar-refractivity contribution < 1.29 is 4.74 Å². The Hall–Kier alpha value is -1.96. The van der Waals surface area contributed by atoms with Gasteiger partial charge in [-0.2, -0.15) is 0 Å². The van der Waals surface area contributed by atoms with E-state index in [1.165, 1.54) is 22.4 Å². The molecule has 1 atom stereocenters. The summed E-state index contributed by atoms with van der Waals surface area (Å²) in [6.07, 6.45) is 1.05. The fourth-order valence-electron chi connectivity index (χ4n) is 2.87. The predicted octanol–water partition coefficient (Wildman–Crippen LogP) is 4.70. The van der Waals surface area contributed by atoms with Crippen molar-refractivity contribution >= 4 is 5.69 Å². The fraction of sp³-hybridized carbons (Fsp3) is 0.368. The molecule has 3 rings (SSSR count). The Bertz CT molecular complexity index is 638. The van der Waals surface area contributed by atoms with Gasteiger partial charge < -0.3 is 10.1 Å². The molecule has 2 heteroatoms. The van der Waals surface area contributed by atoms with Crippen molar-refractivity contribution in [3.63, 3.8) is 0 Å². The van der Waals surface area contributed by atoms with E-state index in [2.05, 4.69) is 56.4 Å². The quantitative estimate of drug-likeness (QED) is 0.861. The first-order chi connectivity index (χ1) is 9.97. The third-order valence-electron chi connectivity index (χ3n) is 4.24. The van der Waals surface area contributed by atoms with Gasteiger partial charge in [-0.25, -0.2) is 0 Å². The van der Waals surface area contributed by atoms with Crippen molar-refractivity contribution in [2.45, 2.75) is 38.6 Å². The van der Waals surface area contributed by atoms with Crippen LogP contribution in [0.25, 0.3) is 0 Å². The maximum atomic E-state index is 5.23. The zero-order chi connectivity index (χ0) is 15.0. The molecule has 0 amide bonds. The maximum absolute atomic E-state index is 5.23. The largest absolute Gasteiger partial charge is 0.497 e. The van der Waals surface area contributed by atoms with Crippen LogP contribution in [0.4, 0.5) is 5.69 Å². The van der Waals surface area contributed by atoms with E-state index in [1.54, 1.807) is 7.11 Å². The first-order valence-electron chi connectivity index (χ1n) is 7.51. The third-order valence-corrected chi connectivity index (χ3v) is 4.24. The van der Waals surface area contributed by atoms with Crippen LogP contribution in [0.1, 0.15) is 43.5 Å². The number of ether oxygens (including phenoxy) is 1. The average Bonchev–Trinajstić information content (AvgIpc) is 2.89. The van der Waals surface area contributed by atoms with Crippen LogP contribution in [0, 0.1) is 0 Å². The van der Waals surface area contributed by atoms with E-state index >= 15 is 0 Å². The third kappa shape index (κ3) is 2.76. The lowest BCUT2D eigenvalue weighted by atomic mass is 9.85. The van der Waals surface area contributed by atoms with E-state index in [0.29, 0.717) is 6.04 Å². The van der Waals surface area contributed by atoms with Crippen LogP contribution in [0.15, 0.2) is 42.5 Å². The molecule has 1 aliphatic heterocycles. The molecule has 1 N–H and O–H groups in total. The first-order valence-corrected chi connectivity index (χ1v) is 7.51. The smallest absolute Gasteiger partial charge is 0.118 e. The Kier molecular flexibility index (Phi) is 3.40. The van der Waals surface area contributed by atoms with Crippen LogP contribution in [-0.4, -0.2) is 7.11 Å². The molecule has 0 aromatic heterocycles. The summed E-state index contributed by atoms with van der Waals surface area (Å²) in [5.74, 6) is 0.907. The summed E-state index contributed by atoms with van der Waals surface area (Å²) in [5, 5.41) is 3.63. The minimum absolute atomic E-state index is 0.202. The average molecular weight is 281 g/mol. The SMILES string of the molecule is COc1ccc(C2Cc3cc(C(C)(C)C)ccc3N2)cc1. The van der Waals surface area contributed by atoms with Crippen molar-refractivity contribution in [1.82, 2.24) is 0 Å². The highest BCUT2D eigenvalue weighted by Gasteiger charge is 2.24. The topological polar surface area (TPSA) is 21.3 Å². The van der Waals surface area contributed by atoms with Gasteiger partial charge in [-0.3, -0.25) is 0 Å². The van der Waals surface area contributed by atoms with Crippen LogP contribution < -0.4 is 10.1 Å². The van der Waals surface area contributed by atoms with Crippen molar-refractivity contribution in [1.29, 1.82) is 0 Å². The molecule has 2 aromatic rings. The molecule has 0 aliphatic carbocycles. The van der Waals surface area contributed by atoms with E-state index < -0.39 is 0 Å². The zero-order valence-corrected chi connectivity index (χ0v) is 13.2. The van der Waals surface area contributed by atoms with Gasteiger partial charge >= 0.3 is 0 Å². The second-order valence-corrected chi connectivity index (χ2v) is 6.80. The molecular weight excluding hydrogens is 258 g/mol. The Labute approximate surface area is 127 Å². The van der Waals surface area contributed by atoms with Crippen LogP contribution >= 0.6 is 0 Å². The van der Waals surface area contributed by atoms with Crippen LogP contribution in [0.2, 0.25) is 0 Å². The molecule has 0 radical (unpaired) electrons. The van der Waals surface area contributed by atoms with E-state index in [9.17, 15) is 0 Å². The van der Waals surface area contributed by atoms with Crippen LogP contribution in [-0.2, 0) is 11.8 Å². The van der Waals surface area contributed by atoms with E-state index in [0.717, 1.165) is 12.2 Å². The summed E-state index contributed by atoms with van der Waals surface area (Å²) in [7, 11) is 1.70. The van der Waals surface area contributed by atoms with Gasteiger partial charge in [0.15, 0.2) is 0 Å². The second-order valence-electron chi connectivity index (χ2n) is 6.80. The molecule has 21 heavy (non-hydrogen) atoms. The molecule has 0 spiro atoms. The molecule has 110 valence electrons. The van der Waals surface area contributed by atoms with Crippen molar-refractivity contribution in [2.24, 2.45) is 0 Å².